The first-order chi connectivity index (χ1) is 9.15. The molecular formula is C14H15Br2NO2. The highest BCUT2D eigenvalue weighted by molar-refractivity contribution is 9.10. The summed E-state index contributed by atoms with van der Waals surface area (Å²) in [5.41, 5.74) is 1.12. The third kappa shape index (κ3) is 3.41. The third-order valence-electron chi connectivity index (χ3n) is 2.80. The zero-order valence-corrected chi connectivity index (χ0v) is 13.9. The van der Waals surface area contributed by atoms with Crippen molar-refractivity contribution in [1.29, 1.82) is 0 Å². The van der Waals surface area contributed by atoms with Crippen LogP contribution in [0.25, 0.3) is 0 Å². The molecule has 0 radical (unpaired) electrons. The Morgan fingerprint density at radius 3 is 2.58 bits per heavy atom. The van der Waals surface area contributed by atoms with Crippen LogP contribution in [0.3, 0.4) is 0 Å². The van der Waals surface area contributed by atoms with Gasteiger partial charge in [-0.05, 0) is 68.2 Å². The molecule has 2 aromatic rings. The van der Waals surface area contributed by atoms with Gasteiger partial charge in [0.1, 0.15) is 11.5 Å². The average molecular weight is 389 g/mol. The number of nitrogens with one attached hydrogen (secondary N) is 1. The second kappa shape index (κ2) is 6.59. The molecule has 1 aromatic heterocycles. The highest BCUT2D eigenvalue weighted by Crippen LogP contribution is 2.31. The first-order valence-corrected chi connectivity index (χ1v) is 7.56. The van der Waals surface area contributed by atoms with Gasteiger partial charge in [-0.3, -0.25) is 0 Å². The van der Waals surface area contributed by atoms with E-state index < -0.39 is 0 Å². The number of methoxy groups -OCH3 is 1. The second-order valence-electron chi connectivity index (χ2n) is 4.03. The zero-order valence-electron chi connectivity index (χ0n) is 10.7. The Morgan fingerprint density at radius 2 is 2.05 bits per heavy atom. The lowest BCUT2D eigenvalue weighted by atomic mass is 10.0. The van der Waals surface area contributed by atoms with Gasteiger partial charge < -0.3 is 14.5 Å². The van der Waals surface area contributed by atoms with Crippen molar-refractivity contribution in [1.82, 2.24) is 5.32 Å². The molecule has 1 unspecified atom stereocenters. The predicted molar refractivity (Wildman–Crippen MR) is 82.6 cm³/mol. The lowest BCUT2D eigenvalue weighted by Crippen LogP contribution is -2.21. The number of benzene rings is 1. The minimum atomic E-state index is 0.0264. The average Bonchev–Trinajstić information content (AvgIpc) is 2.82. The summed E-state index contributed by atoms with van der Waals surface area (Å²) in [6.45, 7) is 2.93. The summed E-state index contributed by atoms with van der Waals surface area (Å²) in [5.74, 6) is 1.70. The van der Waals surface area contributed by atoms with E-state index in [0.717, 1.165) is 32.8 Å². The fourth-order valence-electron chi connectivity index (χ4n) is 1.93. The molecule has 2 rings (SSSR count). The maximum absolute atomic E-state index is 5.66. The fraction of sp³-hybridized carbons (Fsp3) is 0.286. The highest BCUT2D eigenvalue weighted by Gasteiger charge is 2.17. The summed E-state index contributed by atoms with van der Waals surface area (Å²) >= 11 is 6.85. The maximum Gasteiger partial charge on any atom is 0.169 e. The number of furan rings is 1. The van der Waals surface area contributed by atoms with Crippen LogP contribution in [0.5, 0.6) is 5.75 Å². The molecular weight excluding hydrogens is 374 g/mol. The molecule has 1 N–H and O–H groups in total. The smallest absolute Gasteiger partial charge is 0.169 e. The highest BCUT2D eigenvalue weighted by atomic mass is 79.9. The number of hydrogen-bond acceptors (Lipinski definition) is 3. The summed E-state index contributed by atoms with van der Waals surface area (Å²) in [6.07, 6.45) is 0. The molecule has 102 valence electrons. The third-order valence-corrected chi connectivity index (χ3v) is 3.84. The molecule has 0 spiro atoms. The molecule has 1 aromatic carbocycles. The van der Waals surface area contributed by atoms with Crippen LogP contribution >= 0.6 is 31.9 Å². The fourth-order valence-corrected chi connectivity index (χ4v) is 2.81. The van der Waals surface area contributed by atoms with Crippen LogP contribution in [-0.4, -0.2) is 13.7 Å². The van der Waals surface area contributed by atoms with Gasteiger partial charge in [0, 0.05) is 0 Å². The molecule has 0 bridgehead atoms. The topological polar surface area (TPSA) is 34.4 Å². The van der Waals surface area contributed by atoms with Crippen molar-refractivity contribution in [2.75, 3.05) is 13.7 Å². The first-order valence-electron chi connectivity index (χ1n) is 5.97. The van der Waals surface area contributed by atoms with Crippen LogP contribution in [0.1, 0.15) is 24.3 Å². The van der Waals surface area contributed by atoms with Crippen LogP contribution in [0, 0.1) is 0 Å². The Morgan fingerprint density at radius 1 is 1.26 bits per heavy atom. The quantitative estimate of drug-likeness (QED) is 0.817. The van der Waals surface area contributed by atoms with E-state index in [1.54, 1.807) is 7.11 Å². The summed E-state index contributed by atoms with van der Waals surface area (Å²) in [6, 6.07) is 9.92. The molecule has 1 atom stereocenters. The van der Waals surface area contributed by atoms with E-state index in [0.29, 0.717) is 0 Å². The maximum atomic E-state index is 5.66. The van der Waals surface area contributed by atoms with Gasteiger partial charge in [-0.1, -0.05) is 13.0 Å². The molecule has 0 saturated carbocycles. The molecule has 5 heteroatoms. The van der Waals surface area contributed by atoms with E-state index in [4.69, 9.17) is 9.15 Å². The van der Waals surface area contributed by atoms with E-state index in [1.165, 1.54) is 0 Å². The molecule has 19 heavy (non-hydrogen) atoms. The lowest BCUT2D eigenvalue weighted by Gasteiger charge is -2.17. The van der Waals surface area contributed by atoms with Crippen LogP contribution in [0.4, 0.5) is 0 Å². The van der Waals surface area contributed by atoms with Crippen LogP contribution in [0.2, 0.25) is 0 Å². The molecule has 0 aliphatic heterocycles. The molecule has 0 aliphatic carbocycles. The minimum absolute atomic E-state index is 0.0264. The molecule has 0 fully saturated rings. The van der Waals surface area contributed by atoms with E-state index in [9.17, 15) is 0 Å². The van der Waals surface area contributed by atoms with Gasteiger partial charge in [0.25, 0.3) is 0 Å². The van der Waals surface area contributed by atoms with Crippen molar-refractivity contribution < 1.29 is 9.15 Å². The molecule has 0 saturated heterocycles. The monoisotopic (exact) mass is 387 g/mol. The summed E-state index contributed by atoms with van der Waals surface area (Å²) in [5, 5.41) is 3.42. The Labute approximate surface area is 129 Å². The van der Waals surface area contributed by atoms with Crippen LogP contribution < -0.4 is 10.1 Å². The molecule has 3 nitrogen and oxygen atoms in total. The minimum Gasteiger partial charge on any atom is -0.496 e. The van der Waals surface area contributed by atoms with Crippen molar-refractivity contribution in [2.24, 2.45) is 0 Å². The van der Waals surface area contributed by atoms with Gasteiger partial charge in [0.2, 0.25) is 0 Å². The number of hydrogen-bond donors (Lipinski definition) is 1. The number of rotatable bonds is 5. The number of halogens is 2. The van der Waals surface area contributed by atoms with Crippen molar-refractivity contribution in [3.63, 3.8) is 0 Å². The lowest BCUT2D eigenvalue weighted by molar-refractivity contribution is 0.410. The van der Waals surface area contributed by atoms with E-state index in [2.05, 4.69) is 44.1 Å². The predicted octanol–water partition coefficient (Wildman–Crippen LogP) is 4.51. The Balaban J connectivity index is 2.36. The Hall–Kier alpha value is -0.780. The van der Waals surface area contributed by atoms with Gasteiger partial charge in [-0.2, -0.15) is 0 Å². The van der Waals surface area contributed by atoms with Gasteiger partial charge in [0.05, 0.1) is 17.6 Å². The van der Waals surface area contributed by atoms with E-state index in [1.807, 2.05) is 30.3 Å². The second-order valence-corrected chi connectivity index (χ2v) is 5.66. The zero-order chi connectivity index (χ0) is 13.8. The molecule has 0 aliphatic rings. The molecule has 1 heterocycles. The van der Waals surface area contributed by atoms with Crippen LogP contribution in [0.15, 0.2) is 43.9 Å². The normalized spacial score (nSPS) is 12.4. The van der Waals surface area contributed by atoms with Crippen molar-refractivity contribution in [3.05, 3.63) is 50.8 Å². The summed E-state index contributed by atoms with van der Waals surface area (Å²) in [4.78, 5) is 0. The largest absolute Gasteiger partial charge is 0.496 e. The Kier molecular flexibility index (Phi) is 5.07. The SMILES string of the molecule is CCNC(c1ccc(OC)c(Br)c1)c1ccc(Br)o1. The van der Waals surface area contributed by atoms with Crippen molar-refractivity contribution in [3.8, 4) is 5.75 Å². The van der Waals surface area contributed by atoms with E-state index in [-0.39, 0.29) is 6.04 Å². The van der Waals surface area contributed by atoms with Gasteiger partial charge >= 0.3 is 0 Å². The van der Waals surface area contributed by atoms with Crippen molar-refractivity contribution >= 4 is 31.9 Å². The van der Waals surface area contributed by atoms with Crippen LogP contribution in [-0.2, 0) is 0 Å². The van der Waals surface area contributed by atoms with E-state index >= 15 is 0 Å². The number of ether oxygens (including phenoxy) is 1. The van der Waals surface area contributed by atoms with Gasteiger partial charge in [-0.15, -0.1) is 0 Å². The summed E-state index contributed by atoms with van der Waals surface area (Å²) < 4.78 is 12.6. The van der Waals surface area contributed by atoms with Gasteiger partial charge in [0.15, 0.2) is 4.67 Å². The standard InChI is InChI=1S/C14H15Br2NO2/c1-3-17-14(12-6-7-13(16)19-12)9-4-5-11(18-2)10(15)8-9/h4-8,14,17H,3H2,1-2H3. The Bertz CT molecular complexity index is 554. The first kappa shape index (κ1) is 14.6. The summed E-state index contributed by atoms with van der Waals surface area (Å²) in [7, 11) is 1.66. The molecule has 0 amide bonds. The van der Waals surface area contributed by atoms with Crippen molar-refractivity contribution in [2.45, 2.75) is 13.0 Å². The van der Waals surface area contributed by atoms with Gasteiger partial charge in [-0.25, -0.2) is 0 Å².